The molecule has 0 amide bonds. The lowest BCUT2D eigenvalue weighted by atomic mass is 9.81. The van der Waals surface area contributed by atoms with Gasteiger partial charge < -0.3 is 15.3 Å². The van der Waals surface area contributed by atoms with E-state index in [2.05, 4.69) is 41.3 Å². The summed E-state index contributed by atoms with van der Waals surface area (Å²) in [6.45, 7) is 4.45. The average Bonchev–Trinajstić information content (AvgIpc) is 2.72. The van der Waals surface area contributed by atoms with Gasteiger partial charge in [-0.1, -0.05) is 25.3 Å². The van der Waals surface area contributed by atoms with Crippen molar-refractivity contribution < 1.29 is 0 Å². The molecule has 1 aliphatic carbocycles. The highest BCUT2D eigenvalue weighted by atomic mass is 16.1. The van der Waals surface area contributed by atoms with Crippen molar-refractivity contribution in [3.8, 4) is 0 Å². The minimum atomic E-state index is -0.142. The molecule has 0 spiro atoms. The molecule has 0 bridgehead atoms. The molecule has 1 aromatic carbocycles. The monoisotopic (exact) mass is 273 g/mol. The molecule has 4 nitrogen and oxygen atoms in total. The number of hydrogen-bond donors (Lipinski definition) is 3. The Bertz CT molecular complexity index is 638. The van der Waals surface area contributed by atoms with Gasteiger partial charge in [-0.2, -0.15) is 0 Å². The molecular weight excluding hydrogens is 250 g/mol. The van der Waals surface area contributed by atoms with Gasteiger partial charge in [0.05, 0.1) is 11.0 Å². The SMILES string of the molecule is CC(CC1CCC1)NC(C)c1ccc2[nH]c(=O)[nH]c2c1. The Morgan fingerprint density at radius 3 is 2.70 bits per heavy atom. The van der Waals surface area contributed by atoms with E-state index in [1.165, 1.54) is 31.2 Å². The van der Waals surface area contributed by atoms with Crippen LogP contribution in [0.2, 0.25) is 0 Å². The largest absolute Gasteiger partial charge is 0.323 e. The number of benzene rings is 1. The van der Waals surface area contributed by atoms with Crippen LogP contribution < -0.4 is 11.0 Å². The van der Waals surface area contributed by atoms with Crippen LogP contribution in [0, 0.1) is 5.92 Å². The van der Waals surface area contributed by atoms with Crippen molar-refractivity contribution in [2.45, 2.75) is 51.6 Å². The number of aromatic nitrogens is 2. The second-order valence-corrected chi connectivity index (χ2v) is 6.21. The predicted molar refractivity (Wildman–Crippen MR) is 81.9 cm³/mol. The molecule has 4 heteroatoms. The molecule has 1 fully saturated rings. The number of rotatable bonds is 5. The second kappa shape index (κ2) is 5.44. The van der Waals surface area contributed by atoms with E-state index in [1.807, 2.05) is 6.07 Å². The van der Waals surface area contributed by atoms with Gasteiger partial charge in [0.15, 0.2) is 0 Å². The topological polar surface area (TPSA) is 60.7 Å². The molecule has 2 aromatic rings. The summed E-state index contributed by atoms with van der Waals surface area (Å²) in [5.74, 6) is 0.924. The van der Waals surface area contributed by atoms with Crippen molar-refractivity contribution in [1.82, 2.24) is 15.3 Å². The van der Waals surface area contributed by atoms with Crippen molar-refractivity contribution in [1.29, 1.82) is 0 Å². The van der Waals surface area contributed by atoms with Crippen molar-refractivity contribution >= 4 is 11.0 Å². The summed E-state index contributed by atoms with van der Waals surface area (Å²) in [4.78, 5) is 16.9. The molecule has 20 heavy (non-hydrogen) atoms. The van der Waals surface area contributed by atoms with Crippen molar-refractivity contribution in [2.75, 3.05) is 0 Å². The van der Waals surface area contributed by atoms with Crippen molar-refractivity contribution in [2.24, 2.45) is 5.92 Å². The highest BCUT2D eigenvalue weighted by molar-refractivity contribution is 5.75. The molecule has 108 valence electrons. The number of aromatic amines is 2. The Labute approximate surface area is 119 Å². The summed E-state index contributed by atoms with van der Waals surface area (Å²) in [5.41, 5.74) is 2.82. The standard InChI is InChI=1S/C16H23N3O/c1-10(8-12-4-3-5-12)17-11(2)13-6-7-14-15(9-13)19-16(20)18-14/h6-7,9-12,17H,3-5,8H2,1-2H3,(H2,18,19,20). The Morgan fingerprint density at radius 1 is 1.25 bits per heavy atom. The number of imidazole rings is 1. The minimum Gasteiger partial charge on any atom is -0.308 e. The lowest BCUT2D eigenvalue weighted by molar-refractivity contribution is 0.259. The summed E-state index contributed by atoms with van der Waals surface area (Å²) in [6.07, 6.45) is 5.48. The summed E-state index contributed by atoms with van der Waals surface area (Å²) >= 11 is 0. The van der Waals surface area contributed by atoms with E-state index in [1.54, 1.807) is 0 Å². The van der Waals surface area contributed by atoms with Crippen molar-refractivity contribution in [3.63, 3.8) is 0 Å². The third kappa shape index (κ3) is 2.80. The van der Waals surface area contributed by atoms with E-state index in [9.17, 15) is 4.79 Å². The molecule has 1 saturated carbocycles. The lowest BCUT2D eigenvalue weighted by Crippen LogP contribution is -2.32. The fourth-order valence-electron chi connectivity index (χ4n) is 3.14. The molecule has 1 heterocycles. The molecular formula is C16H23N3O. The first-order valence-electron chi connectivity index (χ1n) is 7.60. The maximum atomic E-state index is 11.3. The van der Waals surface area contributed by atoms with Crippen LogP contribution >= 0.6 is 0 Å². The summed E-state index contributed by atoms with van der Waals surface area (Å²) < 4.78 is 0. The number of H-pyrrole nitrogens is 2. The molecule has 1 aromatic heterocycles. The van der Waals surface area contributed by atoms with Crippen molar-refractivity contribution in [3.05, 3.63) is 34.2 Å². The molecule has 2 atom stereocenters. The second-order valence-electron chi connectivity index (χ2n) is 6.21. The maximum Gasteiger partial charge on any atom is 0.323 e. The van der Waals surface area contributed by atoms with E-state index in [0.717, 1.165) is 17.0 Å². The van der Waals surface area contributed by atoms with E-state index in [4.69, 9.17) is 0 Å². The van der Waals surface area contributed by atoms with Gasteiger partial charge >= 0.3 is 5.69 Å². The minimum absolute atomic E-state index is 0.142. The molecule has 3 N–H and O–H groups in total. The van der Waals surface area contributed by atoms with Crippen LogP contribution in [0.4, 0.5) is 0 Å². The van der Waals surface area contributed by atoms with Crippen LogP contribution in [0.1, 0.15) is 51.1 Å². The van der Waals surface area contributed by atoms with E-state index in [-0.39, 0.29) is 5.69 Å². The highest BCUT2D eigenvalue weighted by Crippen LogP contribution is 2.31. The Balaban J connectivity index is 1.67. The zero-order valence-corrected chi connectivity index (χ0v) is 12.2. The Morgan fingerprint density at radius 2 is 2.00 bits per heavy atom. The van der Waals surface area contributed by atoms with Gasteiger partial charge in [-0.25, -0.2) is 4.79 Å². The van der Waals surface area contributed by atoms with Gasteiger partial charge in [-0.15, -0.1) is 0 Å². The maximum absolute atomic E-state index is 11.3. The average molecular weight is 273 g/mol. The van der Waals surface area contributed by atoms with Gasteiger partial charge in [-0.05, 0) is 43.9 Å². The van der Waals surface area contributed by atoms with Crippen LogP contribution in [-0.4, -0.2) is 16.0 Å². The van der Waals surface area contributed by atoms with Crippen LogP contribution in [0.3, 0.4) is 0 Å². The van der Waals surface area contributed by atoms with Crippen LogP contribution in [0.15, 0.2) is 23.0 Å². The smallest absolute Gasteiger partial charge is 0.308 e. The Kier molecular flexibility index (Phi) is 3.66. The first-order chi connectivity index (χ1) is 9.61. The quantitative estimate of drug-likeness (QED) is 0.784. The molecule has 0 saturated heterocycles. The van der Waals surface area contributed by atoms with E-state index in [0.29, 0.717) is 12.1 Å². The summed E-state index contributed by atoms with van der Waals surface area (Å²) in [7, 11) is 0. The normalized spacial score (nSPS) is 18.9. The van der Waals surface area contributed by atoms with Gasteiger partial charge in [0.2, 0.25) is 0 Å². The third-order valence-electron chi connectivity index (χ3n) is 4.49. The fraction of sp³-hybridized carbons (Fsp3) is 0.562. The van der Waals surface area contributed by atoms with Crippen LogP contribution in [-0.2, 0) is 0 Å². The highest BCUT2D eigenvalue weighted by Gasteiger charge is 2.20. The zero-order chi connectivity index (χ0) is 14.1. The molecule has 0 aliphatic heterocycles. The molecule has 0 radical (unpaired) electrons. The zero-order valence-electron chi connectivity index (χ0n) is 12.2. The van der Waals surface area contributed by atoms with Crippen LogP contribution in [0.25, 0.3) is 11.0 Å². The lowest BCUT2D eigenvalue weighted by Gasteiger charge is -2.30. The predicted octanol–water partition coefficient (Wildman–Crippen LogP) is 3.09. The Hall–Kier alpha value is -1.55. The van der Waals surface area contributed by atoms with Gasteiger partial charge in [0.25, 0.3) is 0 Å². The fourth-order valence-corrected chi connectivity index (χ4v) is 3.14. The summed E-state index contributed by atoms with van der Waals surface area (Å²) in [6, 6.07) is 6.95. The first-order valence-corrected chi connectivity index (χ1v) is 7.60. The van der Waals surface area contributed by atoms with E-state index < -0.39 is 0 Å². The summed E-state index contributed by atoms with van der Waals surface area (Å²) in [5, 5.41) is 3.66. The van der Waals surface area contributed by atoms with Gasteiger partial charge in [-0.3, -0.25) is 0 Å². The third-order valence-corrected chi connectivity index (χ3v) is 4.49. The number of hydrogen-bond acceptors (Lipinski definition) is 2. The van der Waals surface area contributed by atoms with E-state index >= 15 is 0 Å². The number of nitrogens with one attached hydrogen (secondary N) is 3. The first kappa shape index (κ1) is 13.4. The van der Waals surface area contributed by atoms with Gasteiger partial charge in [0.1, 0.15) is 0 Å². The number of fused-ring (bicyclic) bond motifs is 1. The molecule has 3 rings (SSSR count). The molecule has 1 aliphatic rings. The molecule has 2 unspecified atom stereocenters. The van der Waals surface area contributed by atoms with Crippen LogP contribution in [0.5, 0.6) is 0 Å². The van der Waals surface area contributed by atoms with Gasteiger partial charge in [0, 0.05) is 12.1 Å².